The minimum absolute atomic E-state index is 0. The van der Waals surface area contributed by atoms with Crippen molar-refractivity contribution in [2.75, 3.05) is 32.4 Å². The molecule has 0 unspecified atom stereocenters. The number of hydrogen-bond donors (Lipinski definition) is 2. The second kappa shape index (κ2) is 14.4. The number of hydrogen-bond acceptors (Lipinski definition) is 9. The molecule has 3 N–H and O–H groups in total. The molecule has 204 valence electrons. The van der Waals surface area contributed by atoms with Crippen LogP contribution in [0.2, 0.25) is 0 Å². The first-order valence-electron chi connectivity index (χ1n) is 10.4. The Morgan fingerprint density at radius 2 is 1.47 bits per heavy atom. The summed E-state index contributed by atoms with van der Waals surface area (Å²) in [5, 5.41) is 2.43. The fraction of sp³-hybridized carbons (Fsp3) is 0.208. The first-order valence-corrected chi connectivity index (χ1v) is 10.4. The number of halogens is 4. The lowest BCUT2D eigenvalue weighted by Gasteiger charge is -2.14. The van der Waals surface area contributed by atoms with E-state index in [4.69, 9.17) is 10.5 Å². The van der Waals surface area contributed by atoms with E-state index in [-0.39, 0.29) is 40.8 Å². The molecule has 0 fully saturated rings. The molecule has 0 aliphatic rings. The number of nitrogen functional groups attached to an aromatic ring is 1. The van der Waals surface area contributed by atoms with Crippen LogP contribution in [0.15, 0.2) is 54.9 Å². The zero-order chi connectivity index (χ0) is 27.6. The van der Waals surface area contributed by atoms with Gasteiger partial charge in [0, 0.05) is 0 Å². The van der Waals surface area contributed by atoms with Crippen molar-refractivity contribution in [3.05, 3.63) is 77.4 Å². The average molecular weight is 557 g/mol. The first-order chi connectivity index (χ1) is 17.5. The van der Waals surface area contributed by atoms with Gasteiger partial charge in [-0.15, -0.1) is 12.4 Å². The Balaban J connectivity index is 0.000000505. The van der Waals surface area contributed by atoms with Crippen LogP contribution < -0.4 is 15.8 Å². The number of alkyl halides is 3. The van der Waals surface area contributed by atoms with Gasteiger partial charge in [0.2, 0.25) is 5.91 Å². The lowest BCUT2D eigenvalue weighted by molar-refractivity contribution is -0.138. The number of benzene rings is 1. The summed E-state index contributed by atoms with van der Waals surface area (Å²) in [7, 11) is 3.76. The van der Waals surface area contributed by atoms with Crippen LogP contribution in [0.5, 0.6) is 5.75 Å². The van der Waals surface area contributed by atoms with E-state index >= 15 is 0 Å². The Bertz CT molecular complexity index is 1240. The highest BCUT2D eigenvalue weighted by Crippen LogP contribution is 2.34. The predicted octanol–water partition coefficient (Wildman–Crippen LogP) is 3.95. The van der Waals surface area contributed by atoms with Crippen molar-refractivity contribution >= 4 is 41.6 Å². The highest BCUT2D eigenvalue weighted by molar-refractivity contribution is 5.93. The van der Waals surface area contributed by atoms with Crippen molar-refractivity contribution in [1.82, 2.24) is 9.97 Å². The minimum atomic E-state index is -4.62. The highest BCUT2D eigenvalue weighted by Gasteiger charge is 2.34. The number of esters is 2. The van der Waals surface area contributed by atoms with Crippen LogP contribution in [-0.4, -0.2) is 49.1 Å². The smallest absolute Gasteiger partial charge is 0.416 e. The standard InChI is InChI=1S/C17H15F3N2O4.C7H8N2O2.ClH/c1-25-12-5-3-10(13(8-12)17(18,19)20)7-15(23)22-11-4-6-14(21-9-11)16(24)26-2;1-11-7(10)6-3-2-5(8)4-9-6;/h3-6,8-9H,7H2,1-2H3,(H,22,23);2-4H,8H2,1H3;1H. The Kier molecular flexibility index (Phi) is 12.0. The van der Waals surface area contributed by atoms with Crippen molar-refractivity contribution in [2.45, 2.75) is 12.6 Å². The van der Waals surface area contributed by atoms with Crippen molar-refractivity contribution < 1.29 is 41.8 Å². The topological polar surface area (TPSA) is 143 Å². The van der Waals surface area contributed by atoms with E-state index in [1.807, 2.05) is 0 Å². The summed E-state index contributed by atoms with van der Waals surface area (Å²) in [6.07, 6.45) is -2.49. The SMILES string of the molecule is COC(=O)c1ccc(N)cn1.COC(=O)c1ccc(NC(=O)Cc2ccc(OC)cc2C(F)(F)F)cn1.Cl. The van der Waals surface area contributed by atoms with Crippen LogP contribution in [0.25, 0.3) is 0 Å². The lowest BCUT2D eigenvalue weighted by atomic mass is 10.0. The third-order valence-electron chi connectivity index (χ3n) is 4.60. The molecule has 0 aliphatic carbocycles. The molecule has 3 aromatic rings. The Morgan fingerprint density at radius 3 is 1.92 bits per heavy atom. The summed E-state index contributed by atoms with van der Waals surface area (Å²) >= 11 is 0. The number of nitrogens with two attached hydrogens (primary N) is 1. The lowest BCUT2D eigenvalue weighted by Crippen LogP contribution is -2.18. The van der Waals surface area contributed by atoms with Gasteiger partial charge in [0.05, 0.1) is 57.1 Å². The number of anilines is 2. The highest BCUT2D eigenvalue weighted by atomic mass is 35.5. The van der Waals surface area contributed by atoms with Crippen LogP contribution in [-0.2, 0) is 26.9 Å². The molecule has 0 aliphatic heterocycles. The second-order valence-corrected chi connectivity index (χ2v) is 7.14. The number of carbonyl (C=O) groups excluding carboxylic acids is 3. The average Bonchev–Trinajstić information content (AvgIpc) is 2.88. The van der Waals surface area contributed by atoms with Gasteiger partial charge in [-0.25, -0.2) is 19.6 Å². The van der Waals surface area contributed by atoms with Crippen LogP contribution in [0.3, 0.4) is 0 Å². The van der Waals surface area contributed by atoms with Gasteiger partial charge in [-0.05, 0) is 42.0 Å². The fourth-order valence-corrected chi connectivity index (χ4v) is 2.80. The maximum atomic E-state index is 13.2. The van der Waals surface area contributed by atoms with E-state index < -0.39 is 36.0 Å². The number of nitrogens with one attached hydrogen (secondary N) is 1. The van der Waals surface area contributed by atoms with Gasteiger partial charge in [-0.2, -0.15) is 13.2 Å². The van der Waals surface area contributed by atoms with E-state index in [1.54, 1.807) is 6.07 Å². The molecule has 10 nitrogen and oxygen atoms in total. The van der Waals surface area contributed by atoms with Gasteiger partial charge in [0.1, 0.15) is 17.1 Å². The van der Waals surface area contributed by atoms with Crippen LogP contribution in [0, 0.1) is 0 Å². The van der Waals surface area contributed by atoms with Crippen molar-refractivity contribution in [2.24, 2.45) is 0 Å². The molecule has 14 heteroatoms. The minimum Gasteiger partial charge on any atom is -0.497 e. The molecular weight excluding hydrogens is 533 g/mol. The molecular formula is C24H24ClF3N4O6. The molecule has 0 saturated heterocycles. The van der Waals surface area contributed by atoms with E-state index in [1.165, 1.54) is 64.1 Å². The second-order valence-electron chi connectivity index (χ2n) is 7.14. The summed E-state index contributed by atoms with van der Waals surface area (Å²) in [5.74, 6) is -1.71. The maximum Gasteiger partial charge on any atom is 0.416 e. The molecule has 0 bridgehead atoms. The molecule has 2 aromatic heterocycles. The Morgan fingerprint density at radius 1 is 0.895 bits per heavy atom. The molecule has 0 atom stereocenters. The molecule has 0 saturated carbocycles. The number of amides is 1. The summed E-state index contributed by atoms with van der Waals surface area (Å²) in [5.41, 5.74) is 5.30. The number of rotatable bonds is 6. The van der Waals surface area contributed by atoms with Crippen LogP contribution in [0.4, 0.5) is 24.5 Å². The third kappa shape index (κ3) is 9.24. The van der Waals surface area contributed by atoms with Crippen molar-refractivity contribution in [3.8, 4) is 5.75 Å². The molecule has 38 heavy (non-hydrogen) atoms. The molecule has 3 rings (SSSR count). The predicted molar refractivity (Wildman–Crippen MR) is 133 cm³/mol. The van der Waals surface area contributed by atoms with Gasteiger partial charge in [0.25, 0.3) is 0 Å². The summed E-state index contributed by atoms with van der Waals surface area (Å²) in [6, 6.07) is 9.23. The van der Waals surface area contributed by atoms with E-state index in [0.29, 0.717) is 5.69 Å². The largest absolute Gasteiger partial charge is 0.497 e. The fourth-order valence-electron chi connectivity index (χ4n) is 2.80. The number of nitrogens with zero attached hydrogens (tertiary/aromatic N) is 2. The van der Waals surface area contributed by atoms with Crippen LogP contribution >= 0.6 is 12.4 Å². The number of ether oxygens (including phenoxy) is 3. The number of pyridine rings is 2. The van der Waals surface area contributed by atoms with Gasteiger partial charge in [-0.1, -0.05) is 6.07 Å². The van der Waals surface area contributed by atoms with Gasteiger partial charge < -0.3 is 25.3 Å². The van der Waals surface area contributed by atoms with E-state index in [9.17, 15) is 27.6 Å². The molecule has 1 amide bonds. The Hall–Kier alpha value is -4.39. The summed E-state index contributed by atoms with van der Waals surface area (Å²) in [4.78, 5) is 41.7. The quantitative estimate of drug-likeness (QED) is 0.431. The number of carbonyl (C=O) groups is 3. The first kappa shape index (κ1) is 31.6. The normalized spacial score (nSPS) is 10.2. The van der Waals surface area contributed by atoms with E-state index in [2.05, 4.69) is 24.8 Å². The van der Waals surface area contributed by atoms with Crippen molar-refractivity contribution in [1.29, 1.82) is 0 Å². The third-order valence-corrected chi connectivity index (χ3v) is 4.60. The monoisotopic (exact) mass is 556 g/mol. The molecule has 0 spiro atoms. The molecule has 0 radical (unpaired) electrons. The molecule has 1 aromatic carbocycles. The number of aromatic nitrogens is 2. The van der Waals surface area contributed by atoms with Crippen molar-refractivity contribution in [3.63, 3.8) is 0 Å². The van der Waals surface area contributed by atoms with Gasteiger partial charge >= 0.3 is 18.1 Å². The zero-order valence-corrected chi connectivity index (χ0v) is 21.2. The summed E-state index contributed by atoms with van der Waals surface area (Å²) in [6.45, 7) is 0. The van der Waals surface area contributed by atoms with Gasteiger partial charge in [0.15, 0.2) is 0 Å². The van der Waals surface area contributed by atoms with E-state index in [0.717, 1.165) is 6.07 Å². The zero-order valence-electron chi connectivity index (χ0n) is 20.4. The number of methoxy groups -OCH3 is 3. The van der Waals surface area contributed by atoms with Crippen LogP contribution in [0.1, 0.15) is 32.1 Å². The maximum absolute atomic E-state index is 13.2. The Labute approximate surface area is 221 Å². The molecule has 2 heterocycles. The van der Waals surface area contributed by atoms with Gasteiger partial charge in [-0.3, -0.25) is 4.79 Å². The summed E-state index contributed by atoms with van der Waals surface area (Å²) < 4.78 is 53.2.